The van der Waals surface area contributed by atoms with Gasteiger partial charge in [0.15, 0.2) is 0 Å². The molecule has 1 N–H and O–H groups in total. The quantitative estimate of drug-likeness (QED) is 0.760. The molecule has 0 saturated carbocycles. The fourth-order valence-electron chi connectivity index (χ4n) is 1.58. The van der Waals surface area contributed by atoms with E-state index in [1.54, 1.807) is 6.92 Å². The van der Waals surface area contributed by atoms with Crippen molar-refractivity contribution in [2.45, 2.75) is 32.2 Å². The topological polar surface area (TPSA) is 64.6 Å². The van der Waals surface area contributed by atoms with Crippen LogP contribution in [0.1, 0.15) is 26.2 Å². The highest BCUT2D eigenvalue weighted by molar-refractivity contribution is 5.81. The predicted molar refractivity (Wildman–Crippen MR) is 67.0 cm³/mol. The van der Waals surface area contributed by atoms with Crippen LogP contribution in [0, 0.1) is 0 Å². The summed E-state index contributed by atoms with van der Waals surface area (Å²) in [5.41, 5.74) is 0.975. The summed E-state index contributed by atoms with van der Waals surface area (Å²) < 4.78 is 9.60. The first-order valence-corrected chi connectivity index (χ1v) is 6.04. The molecule has 0 spiro atoms. The van der Waals surface area contributed by atoms with Crippen LogP contribution in [0.2, 0.25) is 0 Å². The van der Waals surface area contributed by atoms with E-state index in [2.05, 4.69) is 10.1 Å². The molecule has 1 rings (SSSR count). The number of rotatable bonds is 5. The molecular weight excluding hydrogens is 234 g/mol. The monoisotopic (exact) mass is 253 g/mol. The highest BCUT2D eigenvalue weighted by Gasteiger charge is 2.19. The summed E-state index contributed by atoms with van der Waals surface area (Å²) in [6.07, 6.45) is 7.86. The fraction of sp³-hybridized carbons (Fsp3) is 0.538. The van der Waals surface area contributed by atoms with Crippen molar-refractivity contribution in [1.82, 2.24) is 5.32 Å². The minimum Gasteiger partial charge on any atom is -0.467 e. The number of methoxy groups -OCH3 is 1. The molecule has 1 atom stereocenters. The van der Waals surface area contributed by atoms with E-state index in [4.69, 9.17) is 4.74 Å². The number of alkyl carbamates (subject to hydrolysis) is 1. The first kappa shape index (κ1) is 14.3. The maximum atomic E-state index is 11.5. The zero-order valence-corrected chi connectivity index (χ0v) is 10.8. The minimum atomic E-state index is -0.654. The van der Waals surface area contributed by atoms with Gasteiger partial charge in [0.25, 0.3) is 0 Å². The van der Waals surface area contributed by atoms with E-state index in [-0.39, 0.29) is 6.61 Å². The Morgan fingerprint density at radius 1 is 1.44 bits per heavy atom. The van der Waals surface area contributed by atoms with Crippen LogP contribution in [0.5, 0.6) is 0 Å². The van der Waals surface area contributed by atoms with E-state index in [0.717, 1.165) is 18.4 Å². The Morgan fingerprint density at radius 2 is 2.22 bits per heavy atom. The molecule has 0 aliphatic heterocycles. The summed E-state index contributed by atoms with van der Waals surface area (Å²) in [7, 11) is 1.29. The molecule has 1 amide bonds. The van der Waals surface area contributed by atoms with Gasteiger partial charge in [0, 0.05) is 0 Å². The molecular formula is C13H19NO4. The van der Waals surface area contributed by atoms with Crippen LogP contribution in [0.15, 0.2) is 23.8 Å². The largest absolute Gasteiger partial charge is 0.467 e. The number of amides is 1. The van der Waals surface area contributed by atoms with Gasteiger partial charge >= 0.3 is 12.1 Å². The Bertz CT molecular complexity index is 360. The summed E-state index contributed by atoms with van der Waals surface area (Å²) in [6.45, 7) is 2.01. The highest BCUT2D eigenvalue weighted by Crippen LogP contribution is 2.09. The second-order valence-corrected chi connectivity index (χ2v) is 3.96. The minimum absolute atomic E-state index is 0.222. The predicted octanol–water partition coefficient (Wildman–Crippen LogP) is 1.94. The molecule has 0 aromatic carbocycles. The van der Waals surface area contributed by atoms with Gasteiger partial charge in [-0.3, -0.25) is 0 Å². The second-order valence-electron chi connectivity index (χ2n) is 3.96. The fourth-order valence-corrected chi connectivity index (χ4v) is 1.58. The van der Waals surface area contributed by atoms with Gasteiger partial charge in [-0.1, -0.05) is 25.2 Å². The highest BCUT2D eigenvalue weighted by atomic mass is 16.6. The molecule has 5 heteroatoms. The van der Waals surface area contributed by atoms with Crippen molar-refractivity contribution in [3.8, 4) is 0 Å². The number of esters is 1. The zero-order valence-electron chi connectivity index (χ0n) is 10.8. The van der Waals surface area contributed by atoms with Gasteiger partial charge in [0.1, 0.15) is 12.6 Å². The van der Waals surface area contributed by atoms with Gasteiger partial charge in [0.05, 0.1) is 7.11 Å². The van der Waals surface area contributed by atoms with Gasteiger partial charge in [-0.15, -0.1) is 0 Å². The van der Waals surface area contributed by atoms with Crippen molar-refractivity contribution in [1.29, 1.82) is 0 Å². The van der Waals surface area contributed by atoms with Crippen LogP contribution in [0.3, 0.4) is 0 Å². The van der Waals surface area contributed by atoms with Crippen LogP contribution in [-0.4, -0.2) is 31.8 Å². The molecule has 0 radical (unpaired) electrons. The van der Waals surface area contributed by atoms with Crippen molar-refractivity contribution in [2.75, 3.05) is 13.7 Å². The molecule has 100 valence electrons. The third kappa shape index (κ3) is 4.61. The summed E-state index contributed by atoms with van der Waals surface area (Å²) in [5, 5.41) is 2.47. The lowest BCUT2D eigenvalue weighted by Crippen LogP contribution is -2.41. The molecule has 0 saturated heterocycles. The van der Waals surface area contributed by atoms with E-state index in [0.29, 0.717) is 6.42 Å². The second kappa shape index (κ2) is 7.53. The van der Waals surface area contributed by atoms with Crippen LogP contribution in [0.25, 0.3) is 0 Å². The van der Waals surface area contributed by atoms with E-state index < -0.39 is 18.1 Å². The summed E-state index contributed by atoms with van der Waals surface area (Å²) in [6, 6.07) is -0.654. The lowest BCUT2D eigenvalue weighted by molar-refractivity contribution is -0.143. The van der Waals surface area contributed by atoms with Crippen molar-refractivity contribution in [3.05, 3.63) is 23.8 Å². The van der Waals surface area contributed by atoms with Crippen molar-refractivity contribution in [3.63, 3.8) is 0 Å². The van der Waals surface area contributed by atoms with E-state index in [1.807, 2.05) is 18.2 Å². The molecule has 1 aliphatic rings. The van der Waals surface area contributed by atoms with Gasteiger partial charge in [0.2, 0.25) is 0 Å². The third-order valence-corrected chi connectivity index (χ3v) is 2.63. The van der Waals surface area contributed by atoms with Crippen LogP contribution in [0.4, 0.5) is 4.79 Å². The summed E-state index contributed by atoms with van der Waals surface area (Å²) in [4.78, 5) is 22.8. The Labute approximate surface area is 107 Å². The SMILES string of the molecule is CC[C@@H](NC(=O)OCC1=CCCC=C1)C(=O)OC. The lowest BCUT2D eigenvalue weighted by atomic mass is 10.1. The van der Waals surface area contributed by atoms with E-state index >= 15 is 0 Å². The number of hydrogen-bond acceptors (Lipinski definition) is 4. The first-order valence-electron chi connectivity index (χ1n) is 6.04. The maximum Gasteiger partial charge on any atom is 0.408 e. The molecule has 0 unspecified atom stereocenters. The third-order valence-electron chi connectivity index (χ3n) is 2.63. The average molecular weight is 253 g/mol. The molecule has 5 nitrogen and oxygen atoms in total. The van der Waals surface area contributed by atoms with Crippen LogP contribution in [-0.2, 0) is 14.3 Å². The Kier molecular flexibility index (Phi) is 5.97. The zero-order chi connectivity index (χ0) is 13.4. The van der Waals surface area contributed by atoms with Gasteiger partial charge in [-0.05, 0) is 24.8 Å². The summed E-state index contributed by atoms with van der Waals surface area (Å²) in [5.74, 6) is -0.466. The van der Waals surface area contributed by atoms with Gasteiger partial charge in [-0.2, -0.15) is 0 Å². The normalized spacial score (nSPS) is 15.6. The first-order chi connectivity index (χ1) is 8.67. The van der Waals surface area contributed by atoms with Crippen LogP contribution < -0.4 is 5.32 Å². The Balaban J connectivity index is 2.34. The Hall–Kier alpha value is -1.78. The van der Waals surface area contributed by atoms with E-state index in [9.17, 15) is 9.59 Å². The van der Waals surface area contributed by atoms with Gasteiger partial charge < -0.3 is 14.8 Å². The molecule has 0 fully saturated rings. The van der Waals surface area contributed by atoms with Crippen LogP contribution >= 0.6 is 0 Å². The van der Waals surface area contributed by atoms with E-state index in [1.165, 1.54) is 7.11 Å². The number of nitrogens with one attached hydrogen (secondary N) is 1. The smallest absolute Gasteiger partial charge is 0.408 e. The number of hydrogen-bond donors (Lipinski definition) is 1. The van der Waals surface area contributed by atoms with Crippen molar-refractivity contribution in [2.24, 2.45) is 0 Å². The van der Waals surface area contributed by atoms with Crippen molar-refractivity contribution < 1.29 is 19.1 Å². The number of ether oxygens (including phenoxy) is 2. The lowest BCUT2D eigenvalue weighted by Gasteiger charge is -2.15. The molecule has 1 aliphatic carbocycles. The maximum absolute atomic E-state index is 11.5. The molecule has 0 bridgehead atoms. The number of carbonyl (C=O) groups excluding carboxylic acids is 2. The van der Waals surface area contributed by atoms with Gasteiger partial charge in [-0.25, -0.2) is 9.59 Å². The number of allylic oxidation sites excluding steroid dienone is 2. The molecule has 0 aromatic rings. The molecule has 18 heavy (non-hydrogen) atoms. The number of carbonyl (C=O) groups is 2. The Morgan fingerprint density at radius 3 is 2.78 bits per heavy atom. The standard InChI is InChI=1S/C13H19NO4/c1-3-11(12(15)17-2)14-13(16)18-9-10-7-5-4-6-8-10/h5,7-8,11H,3-4,6,9H2,1-2H3,(H,14,16)/t11-/m1/s1. The molecule has 0 heterocycles. The summed E-state index contributed by atoms with van der Waals surface area (Å²) >= 11 is 0. The van der Waals surface area contributed by atoms with Crippen molar-refractivity contribution >= 4 is 12.1 Å². The average Bonchev–Trinajstić information content (AvgIpc) is 2.42. The molecule has 0 aromatic heterocycles.